The van der Waals surface area contributed by atoms with Gasteiger partial charge in [0.25, 0.3) is 5.91 Å². The van der Waals surface area contributed by atoms with E-state index in [1.54, 1.807) is 9.70 Å². The third kappa shape index (κ3) is 4.42. The van der Waals surface area contributed by atoms with Gasteiger partial charge in [-0.1, -0.05) is 103 Å². The van der Waals surface area contributed by atoms with Crippen LogP contribution in [0.2, 0.25) is 0 Å². The Balaban J connectivity index is 1.64. The molecule has 6 nitrogen and oxygen atoms in total. The van der Waals surface area contributed by atoms with Gasteiger partial charge in [-0.05, 0) is 47.9 Å². The first-order valence-corrected chi connectivity index (χ1v) is 12.5. The molecule has 0 unspecified atom stereocenters. The molecule has 0 aliphatic rings. The highest BCUT2D eigenvalue weighted by Gasteiger charge is 2.41. The van der Waals surface area contributed by atoms with Crippen molar-refractivity contribution in [1.29, 1.82) is 0 Å². The molecule has 4 aromatic carbocycles. The maximum absolute atomic E-state index is 12.7. The van der Waals surface area contributed by atoms with E-state index in [1.807, 2.05) is 92.7 Å². The minimum Gasteiger partial charge on any atom is -0.339 e. The molecular formula is C31H29N5O. The monoisotopic (exact) mass is 487 g/mol. The maximum atomic E-state index is 12.7. The molecule has 0 bridgehead atoms. The lowest BCUT2D eigenvalue weighted by Gasteiger charge is -2.34. The van der Waals surface area contributed by atoms with Crippen molar-refractivity contribution in [3.8, 4) is 11.4 Å². The highest BCUT2D eigenvalue weighted by molar-refractivity contribution is 5.94. The van der Waals surface area contributed by atoms with Crippen molar-refractivity contribution in [2.45, 2.75) is 19.4 Å². The highest BCUT2D eigenvalue weighted by atomic mass is 16.2. The van der Waals surface area contributed by atoms with Gasteiger partial charge in [-0.25, -0.2) is 0 Å². The summed E-state index contributed by atoms with van der Waals surface area (Å²) in [5, 5.41) is 14.0. The van der Waals surface area contributed by atoms with E-state index in [9.17, 15) is 4.79 Å². The molecule has 1 aromatic heterocycles. The SMILES string of the molecule is CCN(CC)C(=O)c1ccc(-c2nnn(C(c3ccccc3)(c3ccccc3)c3ccccc3)n2)cc1. The van der Waals surface area contributed by atoms with Gasteiger partial charge >= 0.3 is 0 Å². The molecule has 184 valence electrons. The number of amides is 1. The number of hydrogen-bond acceptors (Lipinski definition) is 4. The Morgan fingerprint density at radius 2 is 1.16 bits per heavy atom. The molecule has 1 heterocycles. The smallest absolute Gasteiger partial charge is 0.253 e. The first-order valence-electron chi connectivity index (χ1n) is 12.5. The second kappa shape index (κ2) is 10.6. The Morgan fingerprint density at radius 1 is 0.703 bits per heavy atom. The molecule has 5 aromatic rings. The maximum Gasteiger partial charge on any atom is 0.253 e. The van der Waals surface area contributed by atoms with E-state index in [4.69, 9.17) is 5.10 Å². The van der Waals surface area contributed by atoms with Gasteiger partial charge in [-0.2, -0.15) is 0 Å². The number of hydrogen-bond donors (Lipinski definition) is 0. The molecule has 0 aliphatic heterocycles. The normalized spacial score (nSPS) is 11.3. The zero-order valence-corrected chi connectivity index (χ0v) is 21.0. The molecular weight excluding hydrogens is 458 g/mol. The lowest BCUT2D eigenvalue weighted by molar-refractivity contribution is 0.0773. The number of tetrazole rings is 1. The standard InChI is InChI=1S/C31H29N5O/c1-3-35(4-2)30(37)25-22-20-24(21-23-25)29-32-34-36(33-29)31(26-14-8-5-9-15-26,27-16-10-6-11-17-27)28-18-12-7-13-19-28/h5-23H,3-4H2,1-2H3. The first-order chi connectivity index (χ1) is 18.2. The van der Waals surface area contributed by atoms with E-state index in [1.165, 1.54) is 0 Å². The molecule has 0 fully saturated rings. The summed E-state index contributed by atoms with van der Waals surface area (Å²) in [5.74, 6) is 0.512. The molecule has 0 atom stereocenters. The molecule has 1 amide bonds. The van der Waals surface area contributed by atoms with E-state index in [2.05, 4.69) is 46.7 Å². The minimum atomic E-state index is -0.826. The molecule has 0 saturated carbocycles. The van der Waals surface area contributed by atoms with Crippen LogP contribution in [-0.4, -0.2) is 44.1 Å². The van der Waals surface area contributed by atoms with Crippen LogP contribution in [0.5, 0.6) is 0 Å². The van der Waals surface area contributed by atoms with Gasteiger partial charge in [-0.3, -0.25) is 4.79 Å². The summed E-state index contributed by atoms with van der Waals surface area (Å²) in [6, 6.07) is 38.2. The van der Waals surface area contributed by atoms with E-state index in [0.29, 0.717) is 24.5 Å². The lowest BCUT2D eigenvalue weighted by atomic mass is 9.77. The number of benzene rings is 4. The summed E-state index contributed by atoms with van der Waals surface area (Å²) in [7, 11) is 0. The zero-order chi connectivity index (χ0) is 25.7. The molecule has 0 radical (unpaired) electrons. The summed E-state index contributed by atoms with van der Waals surface area (Å²) in [4.78, 5) is 16.2. The van der Waals surface area contributed by atoms with Crippen LogP contribution < -0.4 is 0 Å². The van der Waals surface area contributed by atoms with E-state index >= 15 is 0 Å². The summed E-state index contributed by atoms with van der Waals surface area (Å²) in [6.45, 7) is 5.31. The third-order valence-electron chi connectivity index (χ3n) is 6.73. The minimum absolute atomic E-state index is 0.0180. The average Bonchev–Trinajstić information content (AvgIpc) is 3.46. The second-order valence-corrected chi connectivity index (χ2v) is 8.77. The van der Waals surface area contributed by atoms with Gasteiger partial charge in [0.2, 0.25) is 5.82 Å². The average molecular weight is 488 g/mol. The molecule has 5 rings (SSSR count). The Hall–Kier alpha value is -4.58. The van der Waals surface area contributed by atoms with Crippen molar-refractivity contribution < 1.29 is 4.79 Å². The Kier molecular flexibility index (Phi) is 6.90. The van der Waals surface area contributed by atoms with Crippen LogP contribution in [0.25, 0.3) is 11.4 Å². The number of nitrogens with zero attached hydrogens (tertiary/aromatic N) is 5. The van der Waals surface area contributed by atoms with Gasteiger partial charge in [0.15, 0.2) is 5.54 Å². The third-order valence-corrected chi connectivity index (χ3v) is 6.73. The number of carbonyl (C=O) groups excluding carboxylic acids is 1. The second-order valence-electron chi connectivity index (χ2n) is 8.77. The molecule has 0 N–H and O–H groups in total. The van der Waals surface area contributed by atoms with Crippen LogP contribution in [0.1, 0.15) is 40.9 Å². The quantitative estimate of drug-likeness (QED) is 0.265. The summed E-state index contributed by atoms with van der Waals surface area (Å²) in [5.41, 5.74) is 3.69. The summed E-state index contributed by atoms with van der Waals surface area (Å²) in [6.07, 6.45) is 0. The molecule has 0 saturated heterocycles. The van der Waals surface area contributed by atoms with E-state index in [0.717, 1.165) is 22.3 Å². The van der Waals surface area contributed by atoms with Crippen molar-refractivity contribution in [1.82, 2.24) is 25.1 Å². The van der Waals surface area contributed by atoms with Crippen molar-refractivity contribution >= 4 is 5.91 Å². The first kappa shape index (κ1) is 24.1. The fourth-order valence-corrected chi connectivity index (χ4v) is 4.81. The zero-order valence-electron chi connectivity index (χ0n) is 21.0. The number of rotatable bonds is 8. The predicted octanol–water partition coefficient (Wildman–Crippen LogP) is 5.66. The fourth-order valence-electron chi connectivity index (χ4n) is 4.81. The Bertz CT molecular complexity index is 1350. The summed E-state index contributed by atoms with van der Waals surface area (Å²) >= 11 is 0. The van der Waals surface area contributed by atoms with Crippen LogP contribution in [0.15, 0.2) is 115 Å². The van der Waals surface area contributed by atoms with Gasteiger partial charge in [-0.15, -0.1) is 15.0 Å². The van der Waals surface area contributed by atoms with Crippen molar-refractivity contribution in [2.75, 3.05) is 13.1 Å². The molecule has 37 heavy (non-hydrogen) atoms. The van der Waals surface area contributed by atoms with E-state index in [-0.39, 0.29) is 5.91 Å². The number of carbonyl (C=O) groups is 1. The largest absolute Gasteiger partial charge is 0.339 e. The molecule has 0 aliphatic carbocycles. The van der Waals surface area contributed by atoms with E-state index < -0.39 is 5.54 Å². The Morgan fingerprint density at radius 3 is 1.59 bits per heavy atom. The fraction of sp³-hybridized carbons (Fsp3) is 0.161. The topological polar surface area (TPSA) is 63.9 Å². The van der Waals surface area contributed by atoms with Crippen LogP contribution in [0, 0.1) is 0 Å². The highest BCUT2D eigenvalue weighted by Crippen LogP contribution is 2.39. The van der Waals surface area contributed by atoms with Gasteiger partial charge in [0, 0.05) is 24.2 Å². The summed E-state index contributed by atoms with van der Waals surface area (Å²) < 4.78 is 0. The molecule has 6 heteroatoms. The van der Waals surface area contributed by atoms with Crippen molar-refractivity contribution in [3.05, 3.63) is 138 Å². The van der Waals surface area contributed by atoms with Crippen LogP contribution >= 0.6 is 0 Å². The van der Waals surface area contributed by atoms with Gasteiger partial charge < -0.3 is 4.90 Å². The molecule has 0 spiro atoms. The van der Waals surface area contributed by atoms with Crippen LogP contribution in [-0.2, 0) is 5.54 Å². The number of aromatic nitrogens is 4. The van der Waals surface area contributed by atoms with Crippen LogP contribution in [0.4, 0.5) is 0 Å². The lowest BCUT2D eigenvalue weighted by Crippen LogP contribution is -2.39. The van der Waals surface area contributed by atoms with Gasteiger partial charge in [0.1, 0.15) is 0 Å². The Labute approximate surface area is 217 Å². The predicted molar refractivity (Wildman–Crippen MR) is 145 cm³/mol. The van der Waals surface area contributed by atoms with Crippen molar-refractivity contribution in [2.24, 2.45) is 0 Å². The van der Waals surface area contributed by atoms with Gasteiger partial charge in [0.05, 0.1) is 0 Å². The van der Waals surface area contributed by atoms with Crippen molar-refractivity contribution in [3.63, 3.8) is 0 Å². The van der Waals surface area contributed by atoms with Crippen LogP contribution in [0.3, 0.4) is 0 Å².